The minimum Gasteiger partial charge on any atom is -0.353 e. The van der Waals surface area contributed by atoms with Crippen molar-refractivity contribution in [1.29, 1.82) is 0 Å². The molecule has 162 valence electrons. The standard InChI is InChI=1S/C26H22N6O/c33-26(19-16-18-6-1-2-7-20(18)27-17-19)32-14-12-31(13-15-32)24-11-5-10-23(28-24)25-29-21-8-3-4-9-22(21)30-25/h1-11,16-17H,12-15H2,(H,29,30). The maximum Gasteiger partial charge on any atom is 0.255 e. The average Bonchev–Trinajstić information content (AvgIpc) is 3.33. The number of benzene rings is 2. The van der Waals surface area contributed by atoms with E-state index < -0.39 is 0 Å². The number of hydrogen-bond donors (Lipinski definition) is 1. The fourth-order valence-corrected chi connectivity index (χ4v) is 4.31. The van der Waals surface area contributed by atoms with Crippen LogP contribution >= 0.6 is 0 Å². The molecule has 7 heteroatoms. The molecule has 5 aromatic rings. The number of para-hydroxylation sites is 3. The van der Waals surface area contributed by atoms with Crippen LogP contribution in [-0.2, 0) is 0 Å². The van der Waals surface area contributed by atoms with Crippen molar-refractivity contribution >= 4 is 33.7 Å². The summed E-state index contributed by atoms with van der Waals surface area (Å²) in [6.45, 7) is 2.73. The highest BCUT2D eigenvalue weighted by Crippen LogP contribution is 2.23. The van der Waals surface area contributed by atoms with Gasteiger partial charge in [-0.3, -0.25) is 9.78 Å². The van der Waals surface area contributed by atoms with E-state index in [1.165, 1.54) is 0 Å². The second kappa shape index (κ2) is 8.02. The molecule has 0 saturated carbocycles. The molecule has 2 aromatic carbocycles. The molecule has 33 heavy (non-hydrogen) atoms. The third-order valence-electron chi connectivity index (χ3n) is 6.09. The Morgan fingerprint density at radius 3 is 2.45 bits per heavy atom. The first-order valence-electron chi connectivity index (χ1n) is 11.1. The number of H-pyrrole nitrogens is 1. The van der Waals surface area contributed by atoms with Crippen molar-refractivity contribution < 1.29 is 4.79 Å². The van der Waals surface area contributed by atoms with Crippen LogP contribution in [0.25, 0.3) is 33.5 Å². The van der Waals surface area contributed by atoms with Gasteiger partial charge in [0.15, 0.2) is 5.82 Å². The molecule has 0 atom stereocenters. The van der Waals surface area contributed by atoms with E-state index in [0.717, 1.165) is 52.4 Å². The number of amides is 1. The zero-order chi connectivity index (χ0) is 22.2. The minimum atomic E-state index is 0.0249. The van der Waals surface area contributed by atoms with Crippen LogP contribution in [0.4, 0.5) is 5.82 Å². The zero-order valence-electron chi connectivity index (χ0n) is 18.0. The molecule has 1 N–H and O–H groups in total. The van der Waals surface area contributed by atoms with Crippen molar-refractivity contribution in [3.63, 3.8) is 0 Å². The van der Waals surface area contributed by atoms with Crippen LogP contribution < -0.4 is 4.90 Å². The number of aromatic amines is 1. The number of carbonyl (C=O) groups is 1. The van der Waals surface area contributed by atoms with E-state index in [9.17, 15) is 4.79 Å². The van der Waals surface area contributed by atoms with E-state index in [1.54, 1.807) is 6.20 Å². The van der Waals surface area contributed by atoms with Gasteiger partial charge in [0.25, 0.3) is 5.91 Å². The molecule has 1 aliphatic rings. The molecular weight excluding hydrogens is 412 g/mol. The van der Waals surface area contributed by atoms with Crippen molar-refractivity contribution in [2.75, 3.05) is 31.1 Å². The lowest BCUT2D eigenvalue weighted by molar-refractivity contribution is 0.0746. The maximum absolute atomic E-state index is 13.1. The van der Waals surface area contributed by atoms with Crippen LogP contribution in [0, 0.1) is 0 Å². The summed E-state index contributed by atoms with van der Waals surface area (Å²) in [4.78, 5) is 34.4. The molecule has 0 aliphatic carbocycles. The van der Waals surface area contributed by atoms with Crippen molar-refractivity contribution in [2.24, 2.45) is 0 Å². The van der Waals surface area contributed by atoms with Gasteiger partial charge in [-0.15, -0.1) is 0 Å². The normalized spacial score (nSPS) is 14.2. The number of nitrogens with one attached hydrogen (secondary N) is 1. The Kier molecular flexibility index (Phi) is 4.72. The topological polar surface area (TPSA) is 78.0 Å². The summed E-state index contributed by atoms with van der Waals surface area (Å²) < 4.78 is 0. The summed E-state index contributed by atoms with van der Waals surface area (Å²) in [7, 11) is 0. The summed E-state index contributed by atoms with van der Waals surface area (Å²) in [5.74, 6) is 1.68. The lowest BCUT2D eigenvalue weighted by Gasteiger charge is -2.35. The molecule has 6 rings (SSSR count). The van der Waals surface area contributed by atoms with Crippen LogP contribution in [0.1, 0.15) is 10.4 Å². The number of fused-ring (bicyclic) bond motifs is 2. The van der Waals surface area contributed by atoms with E-state index in [0.29, 0.717) is 18.7 Å². The minimum absolute atomic E-state index is 0.0249. The molecule has 1 fully saturated rings. The van der Waals surface area contributed by atoms with Crippen molar-refractivity contribution in [1.82, 2.24) is 24.8 Å². The van der Waals surface area contributed by atoms with Crippen LogP contribution in [0.2, 0.25) is 0 Å². The van der Waals surface area contributed by atoms with Gasteiger partial charge in [-0.05, 0) is 36.4 Å². The van der Waals surface area contributed by atoms with Gasteiger partial charge in [-0.2, -0.15) is 0 Å². The Morgan fingerprint density at radius 2 is 1.61 bits per heavy atom. The predicted molar refractivity (Wildman–Crippen MR) is 129 cm³/mol. The highest BCUT2D eigenvalue weighted by atomic mass is 16.2. The first-order chi connectivity index (χ1) is 16.2. The Balaban J connectivity index is 1.17. The van der Waals surface area contributed by atoms with Gasteiger partial charge in [0.2, 0.25) is 0 Å². The first-order valence-corrected chi connectivity index (χ1v) is 11.1. The molecule has 0 bridgehead atoms. The fourth-order valence-electron chi connectivity index (χ4n) is 4.31. The van der Waals surface area contributed by atoms with E-state index in [1.807, 2.05) is 77.7 Å². The Labute approximate surface area is 190 Å². The van der Waals surface area contributed by atoms with Gasteiger partial charge in [-0.1, -0.05) is 36.4 Å². The zero-order valence-corrected chi connectivity index (χ0v) is 18.0. The third kappa shape index (κ3) is 3.67. The molecule has 4 heterocycles. The SMILES string of the molecule is O=C(c1cnc2ccccc2c1)N1CCN(c2cccc(-c3nc4ccccc4[nH]3)n2)CC1. The van der Waals surface area contributed by atoms with Crippen LogP contribution in [-0.4, -0.2) is 56.9 Å². The lowest BCUT2D eigenvalue weighted by atomic mass is 10.1. The molecule has 1 aliphatic heterocycles. The van der Waals surface area contributed by atoms with Crippen molar-refractivity contribution in [3.8, 4) is 11.5 Å². The number of pyridine rings is 2. The van der Waals surface area contributed by atoms with Crippen LogP contribution in [0.5, 0.6) is 0 Å². The number of anilines is 1. The number of hydrogen-bond acceptors (Lipinski definition) is 5. The molecule has 1 saturated heterocycles. The second-order valence-corrected chi connectivity index (χ2v) is 8.18. The smallest absolute Gasteiger partial charge is 0.255 e. The number of nitrogens with zero attached hydrogens (tertiary/aromatic N) is 5. The van der Waals surface area contributed by atoms with E-state index in [-0.39, 0.29) is 5.91 Å². The number of rotatable bonds is 3. The second-order valence-electron chi connectivity index (χ2n) is 8.18. The third-order valence-corrected chi connectivity index (χ3v) is 6.09. The van der Waals surface area contributed by atoms with Crippen LogP contribution in [0.3, 0.4) is 0 Å². The molecule has 0 unspecified atom stereocenters. The van der Waals surface area contributed by atoms with Crippen molar-refractivity contribution in [3.05, 3.63) is 84.6 Å². The average molecular weight is 435 g/mol. The maximum atomic E-state index is 13.1. The molecule has 7 nitrogen and oxygen atoms in total. The Hall–Kier alpha value is -4.26. The monoisotopic (exact) mass is 434 g/mol. The fraction of sp³-hybridized carbons (Fsp3) is 0.154. The number of carbonyl (C=O) groups excluding carboxylic acids is 1. The summed E-state index contributed by atoms with van der Waals surface area (Å²) in [6, 6.07) is 23.7. The number of imidazole rings is 1. The van der Waals surface area contributed by atoms with Gasteiger partial charge in [0.1, 0.15) is 11.5 Å². The predicted octanol–water partition coefficient (Wildman–Crippen LogP) is 4.14. The van der Waals surface area contributed by atoms with Gasteiger partial charge in [0.05, 0.1) is 22.1 Å². The Morgan fingerprint density at radius 1 is 0.818 bits per heavy atom. The van der Waals surface area contributed by atoms with E-state index in [4.69, 9.17) is 4.98 Å². The van der Waals surface area contributed by atoms with Gasteiger partial charge >= 0.3 is 0 Å². The van der Waals surface area contributed by atoms with E-state index >= 15 is 0 Å². The highest BCUT2D eigenvalue weighted by Gasteiger charge is 2.23. The summed E-state index contributed by atoms with van der Waals surface area (Å²) in [5, 5.41) is 0.980. The number of piperazine rings is 1. The molecule has 0 spiro atoms. The van der Waals surface area contributed by atoms with Crippen LogP contribution in [0.15, 0.2) is 79.0 Å². The van der Waals surface area contributed by atoms with Gasteiger partial charge < -0.3 is 14.8 Å². The molecule has 3 aromatic heterocycles. The quantitative estimate of drug-likeness (QED) is 0.462. The first kappa shape index (κ1) is 19.4. The molecular formula is C26H22N6O. The number of aromatic nitrogens is 4. The molecule has 0 radical (unpaired) electrons. The van der Waals surface area contributed by atoms with Gasteiger partial charge in [0, 0.05) is 37.8 Å². The van der Waals surface area contributed by atoms with E-state index in [2.05, 4.69) is 19.9 Å². The Bertz CT molecular complexity index is 1440. The largest absolute Gasteiger partial charge is 0.353 e. The van der Waals surface area contributed by atoms with Gasteiger partial charge in [-0.25, -0.2) is 9.97 Å². The van der Waals surface area contributed by atoms with Crippen molar-refractivity contribution in [2.45, 2.75) is 0 Å². The summed E-state index contributed by atoms with van der Waals surface area (Å²) >= 11 is 0. The summed E-state index contributed by atoms with van der Waals surface area (Å²) in [5.41, 5.74) is 4.26. The molecule has 1 amide bonds. The lowest BCUT2D eigenvalue weighted by Crippen LogP contribution is -2.49. The summed E-state index contributed by atoms with van der Waals surface area (Å²) in [6.07, 6.45) is 1.68. The highest BCUT2D eigenvalue weighted by molar-refractivity contribution is 5.97.